The van der Waals surface area contributed by atoms with Crippen LogP contribution >= 0.6 is 11.3 Å². The zero-order valence-corrected chi connectivity index (χ0v) is 16.1. The molecule has 136 valence electrons. The third-order valence-electron chi connectivity index (χ3n) is 5.43. The fourth-order valence-electron chi connectivity index (χ4n) is 3.93. The minimum absolute atomic E-state index is 0.157. The molecular weight excluding hydrogens is 364 g/mol. The SMILES string of the molecule is O=C1Cc2ccc(-c3ccc4cc(CC(=O)c5ccsc5)ccc4c3)cc2C1. The van der Waals surface area contributed by atoms with E-state index in [4.69, 9.17) is 0 Å². The van der Waals surface area contributed by atoms with Gasteiger partial charge in [0, 0.05) is 30.2 Å². The van der Waals surface area contributed by atoms with E-state index < -0.39 is 0 Å². The van der Waals surface area contributed by atoms with Crippen LogP contribution in [0.1, 0.15) is 27.0 Å². The Morgan fingerprint density at radius 2 is 1.57 bits per heavy atom. The Morgan fingerprint density at radius 1 is 0.821 bits per heavy atom. The van der Waals surface area contributed by atoms with Crippen LogP contribution in [0.3, 0.4) is 0 Å². The van der Waals surface area contributed by atoms with E-state index in [1.807, 2.05) is 22.9 Å². The lowest BCUT2D eigenvalue weighted by molar-refractivity contribution is -0.117. The average Bonchev–Trinajstić information content (AvgIpc) is 3.36. The maximum Gasteiger partial charge on any atom is 0.168 e. The number of fused-ring (bicyclic) bond motifs is 2. The van der Waals surface area contributed by atoms with Gasteiger partial charge in [-0.1, -0.05) is 48.5 Å². The van der Waals surface area contributed by atoms with Crippen LogP contribution in [0.2, 0.25) is 0 Å². The number of carbonyl (C=O) groups excluding carboxylic acids is 2. The molecule has 0 saturated carbocycles. The van der Waals surface area contributed by atoms with E-state index in [2.05, 4.69) is 48.5 Å². The number of hydrogen-bond donors (Lipinski definition) is 0. The van der Waals surface area contributed by atoms with E-state index in [1.165, 1.54) is 0 Å². The normalized spacial score (nSPS) is 13.1. The molecule has 0 amide bonds. The van der Waals surface area contributed by atoms with Crippen molar-refractivity contribution in [3.8, 4) is 11.1 Å². The molecule has 28 heavy (non-hydrogen) atoms. The third-order valence-corrected chi connectivity index (χ3v) is 6.11. The van der Waals surface area contributed by atoms with Gasteiger partial charge in [0.2, 0.25) is 0 Å². The van der Waals surface area contributed by atoms with Crippen LogP contribution in [-0.2, 0) is 24.1 Å². The minimum Gasteiger partial charge on any atom is -0.299 e. The van der Waals surface area contributed by atoms with E-state index in [-0.39, 0.29) is 5.78 Å². The van der Waals surface area contributed by atoms with E-state index in [1.54, 1.807) is 11.3 Å². The molecule has 1 heterocycles. The predicted octanol–water partition coefficient (Wildman–Crippen LogP) is 5.66. The van der Waals surface area contributed by atoms with E-state index >= 15 is 0 Å². The number of benzene rings is 3. The van der Waals surface area contributed by atoms with Gasteiger partial charge >= 0.3 is 0 Å². The fraction of sp³-hybridized carbons (Fsp3) is 0.120. The third kappa shape index (κ3) is 3.19. The topological polar surface area (TPSA) is 34.1 Å². The van der Waals surface area contributed by atoms with Crippen molar-refractivity contribution < 1.29 is 9.59 Å². The van der Waals surface area contributed by atoms with Crippen molar-refractivity contribution in [1.82, 2.24) is 0 Å². The molecule has 0 spiro atoms. The van der Waals surface area contributed by atoms with Gasteiger partial charge in [-0.25, -0.2) is 0 Å². The van der Waals surface area contributed by atoms with Crippen LogP contribution in [-0.4, -0.2) is 11.6 Å². The lowest BCUT2D eigenvalue weighted by atomic mass is 9.96. The number of carbonyl (C=O) groups is 2. The number of thiophene rings is 1. The van der Waals surface area contributed by atoms with Crippen LogP contribution in [0.15, 0.2) is 71.4 Å². The highest BCUT2D eigenvalue weighted by molar-refractivity contribution is 7.08. The molecule has 0 unspecified atom stereocenters. The Labute approximate surface area is 167 Å². The summed E-state index contributed by atoms with van der Waals surface area (Å²) in [5.74, 6) is 0.458. The molecule has 3 aromatic carbocycles. The van der Waals surface area contributed by atoms with Gasteiger partial charge in [0.15, 0.2) is 5.78 Å². The van der Waals surface area contributed by atoms with Crippen LogP contribution in [0, 0.1) is 0 Å². The molecule has 1 aliphatic carbocycles. The van der Waals surface area contributed by atoms with Crippen molar-refractivity contribution in [3.63, 3.8) is 0 Å². The number of Topliss-reactive ketones (excluding diaryl/α,β-unsaturated/α-hetero) is 2. The molecule has 0 saturated heterocycles. The Hall–Kier alpha value is -3.04. The van der Waals surface area contributed by atoms with Gasteiger partial charge in [0.1, 0.15) is 5.78 Å². The number of rotatable bonds is 4. The van der Waals surface area contributed by atoms with Crippen molar-refractivity contribution in [3.05, 3.63) is 93.7 Å². The highest BCUT2D eigenvalue weighted by Crippen LogP contribution is 2.29. The molecule has 0 atom stereocenters. The average molecular weight is 382 g/mol. The molecule has 5 rings (SSSR count). The lowest BCUT2D eigenvalue weighted by Crippen LogP contribution is -2.01. The second-order valence-corrected chi connectivity index (χ2v) is 8.16. The maximum absolute atomic E-state index is 12.3. The van der Waals surface area contributed by atoms with Crippen LogP contribution in [0.25, 0.3) is 21.9 Å². The largest absolute Gasteiger partial charge is 0.299 e. The zero-order valence-electron chi connectivity index (χ0n) is 15.3. The summed E-state index contributed by atoms with van der Waals surface area (Å²) < 4.78 is 0. The lowest BCUT2D eigenvalue weighted by Gasteiger charge is -2.08. The summed E-state index contributed by atoms with van der Waals surface area (Å²) in [4.78, 5) is 24.0. The molecule has 0 aliphatic heterocycles. The molecule has 0 N–H and O–H groups in total. The highest BCUT2D eigenvalue weighted by Gasteiger charge is 2.18. The van der Waals surface area contributed by atoms with Crippen molar-refractivity contribution in [2.24, 2.45) is 0 Å². The van der Waals surface area contributed by atoms with Crippen molar-refractivity contribution in [2.75, 3.05) is 0 Å². The first-order chi connectivity index (χ1) is 13.7. The first-order valence-electron chi connectivity index (χ1n) is 9.38. The van der Waals surface area contributed by atoms with E-state index in [0.717, 1.165) is 44.2 Å². The Morgan fingerprint density at radius 3 is 2.43 bits per heavy atom. The Bertz CT molecular complexity index is 1220. The van der Waals surface area contributed by atoms with Gasteiger partial charge in [-0.05, 0) is 56.1 Å². The maximum atomic E-state index is 12.3. The molecule has 4 aromatic rings. The first-order valence-corrected chi connectivity index (χ1v) is 10.3. The molecule has 0 radical (unpaired) electrons. The van der Waals surface area contributed by atoms with Crippen LogP contribution in [0.4, 0.5) is 0 Å². The number of ketones is 2. The Kier molecular flexibility index (Phi) is 4.18. The van der Waals surface area contributed by atoms with Gasteiger partial charge in [-0.15, -0.1) is 0 Å². The van der Waals surface area contributed by atoms with Gasteiger partial charge in [0.25, 0.3) is 0 Å². The van der Waals surface area contributed by atoms with Crippen LogP contribution in [0.5, 0.6) is 0 Å². The van der Waals surface area contributed by atoms with E-state index in [9.17, 15) is 9.59 Å². The first kappa shape index (κ1) is 17.1. The predicted molar refractivity (Wildman–Crippen MR) is 114 cm³/mol. The minimum atomic E-state index is 0.157. The fourth-order valence-corrected chi connectivity index (χ4v) is 4.59. The molecule has 0 fully saturated rings. The summed E-state index contributed by atoms with van der Waals surface area (Å²) in [6.07, 6.45) is 1.55. The molecule has 0 bridgehead atoms. The smallest absolute Gasteiger partial charge is 0.168 e. The van der Waals surface area contributed by atoms with Crippen molar-refractivity contribution in [1.29, 1.82) is 0 Å². The molecule has 3 heteroatoms. The van der Waals surface area contributed by atoms with Crippen molar-refractivity contribution >= 4 is 33.7 Å². The van der Waals surface area contributed by atoms with Crippen molar-refractivity contribution in [2.45, 2.75) is 19.3 Å². The Balaban J connectivity index is 1.43. The second kappa shape index (κ2) is 6.84. The quantitative estimate of drug-likeness (QED) is 0.427. The second-order valence-electron chi connectivity index (χ2n) is 7.38. The summed E-state index contributed by atoms with van der Waals surface area (Å²) in [7, 11) is 0. The van der Waals surface area contributed by atoms with Gasteiger partial charge < -0.3 is 0 Å². The number of hydrogen-bond acceptors (Lipinski definition) is 3. The van der Waals surface area contributed by atoms with Gasteiger partial charge in [-0.2, -0.15) is 11.3 Å². The van der Waals surface area contributed by atoms with Crippen LogP contribution < -0.4 is 0 Å². The standard InChI is InChI=1S/C25H18O2S/c26-24-13-21-6-5-20(12-23(21)14-24)19-4-3-17-9-16(1-2-18(17)11-19)10-25(27)22-7-8-28-15-22/h1-9,11-12,15H,10,13-14H2. The summed E-state index contributed by atoms with van der Waals surface area (Å²) in [6, 6.07) is 20.9. The zero-order chi connectivity index (χ0) is 19.1. The molecule has 2 nitrogen and oxygen atoms in total. The monoisotopic (exact) mass is 382 g/mol. The highest BCUT2D eigenvalue weighted by atomic mass is 32.1. The molecule has 1 aliphatic rings. The summed E-state index contributed by atoms with van der Waals surface area (Å²) >= 11 is 1.55. The summed E-state index contributed by atoms with van der Waals surface area (Å²) in [5.41, 5.74) is 6.44. The van der Waals surface area contributed by atoms with Gasteiger partial charge in [0.05, 0.1) is 0 Å². The summed E-state index contributed by atoms with van der Waals surface area (Å²) in [5, 5.41) is 6.13. The summed E-state index contributed by atoms with van der Waals surface area (Å²) in [6.45, 7) is 0. The molecule has 1 aromatic heterocycles. The van der Waals surface area contributed by atoms with E-state index in [0.29, 0.717) is 25.0 Å². The molecular formula is C25H18O2S. The van der Waals surface area contributed by atoms with Gasteiger partial charge in [-0.3, -0.25) is 9.59 Å².